The molecule has 1 aromatic rings. The number of hydrogen-bond donors (Lipinski definition) is 2. The molecule has 0 unspecified atom stereocenters. The lowest BCUT2D eigenvalue weighted by Gasteiger charge is -2.05. The van der Waals surface area contributed by atoms with Gasteiger partial charge in [-0.2, -0.15) is 5.10 Å². The summed E-state index contributed by atoms with van der Waals surface area (Å²) in [6.45, 7) is 0.903. The molecule has 3 rings (SSSR count). The largest absolute Gasteiger partial charge is 0.380 e. The van der Waals surface area contributed by atoms with Gasteiger partial charge in [0.2, 0.25) is 0 Å². The standard InChI is InChI=1S/C10H16N4O/c1-15-7-4-8(11-5-7)10-12-9(13-14-10)6-2-3-6/h6-8,11H,2-5H2,1H3,(H,12,13,14)/t7-,8-/m0/s1. The maximum atomic E-state index is 5.30. The number of aromatic amines is 1. The van der Waals surface area contributed by atoms with Crippen LogP contribution in [0.4, 0.5) is 0 Å². The average molecular weight is 208 g/mol. The summed E-state index contributed by atoms with van der Waals surface area (Å²) in [5.41, 5.74) is 0. The number of rotatable bonds is 3. The van der Waals surface area contributed by atoms with Crippen LogP contribution in [0.25, 0.3) is 0 Å². The second-order valence-corrected chi connectivity index (χ2v) is 4.41. The first-order chi connectivity index (χ1) is 7.36. The van der Waals surface area contributed by atoms with Crippen molar-refractivity contribution in [3.63, 3.8) is 0 Å². The summed E-state index contributed by atoms with van der Waals surface area (Å²) in [5, 5.41) is 10.7. The normalized spacial score (nSPS) is 31.0. The molecule has 0 bridgehead atoms. The summed E-state index contributed by atoms with van der Waals surface area (Å²) in [6, 6.07) is 0.287. The third kappa shape index (κ3) is 1.77. The van der Waals surface area contributed by atoms with Crippen molar-refractivity contribution in [2.24, 2.45) is 0 Å². The van der Waals surface area contributed by atoms with Gasteiger partial charge in [-0.05, 0) is 19.3 Å². The minimum absolute atomic E-state index is 0.287. The molecule has 1 saturated carbocycles. The van der Waals surface area contributed by atoms with Crippen LogP contribution >= 0.6 is 0 Å². The van der Waals surface area contributed by atoms with Crippen LogP contribution in [-0.4, -0.2) is 34.9 Å². The minimum atomic E-state index is 0.287. The second-order valence-electron chi connectivity index (χ2n) is 4.41. The van der Waals surface area contributed by atoms with Crippen molar-refractivity contribution in [1.29, 1.82) is 0 Å². The molecule has 5 nitrogen and oxygen atoms in total. The monoisotopic (exact) mass is 208 g/mol. The molecule has 1 saturated heterocycles. The zero-order chi connectivity index (χ0) is 10.3. The molecule has 2 fully saturated rings. The quantitative estimate of drug-likeness (QED) is 0.768. The number of hydrogen-bond acceptors (Lipinski definition) is 4. The van der Waals surface area contributed by atoms with Gasteiger partial charge in [0.25, 0.3) is 0 Å². The van der Waals surface area contributed by atoms with E-state index >= 15 is 0 Å². The Balaban J connectivity index is 1.70. The first kappa shape index (κ1) is 9.30. The summed E-state index contributed by atoms with van der Waals surface area (Å²) in [4.78, 5) is 4.54. The number of ether oxygens (including phenoxy) is 1. The highest BCUT2D eigenvalue weighted by molar-refractivity contribution is 5.08. The molecule has 0 radical (unpaired) electrons. The molecular formula is C10H16N4O. The van der Waals surface area contributed by atoms with E-state index in [0.717, 1.165) is 24.6 Å². The van der Waals surface area contributed by atoms with Crippen LogP contribution in [0.1, 0.15) is 42.9 Å². The van der Waals surface area contributed by atoms with Crippen LogP contribution in [-0.2, 0) is 4.74 Å². The van der Waals surface area contributed by atoms with E-state index in [4.69, 9.17) is 4.74 Å². The molecule has 2 N–H and O–H groups in total. The average Bonchev–Trinajstić information content (AvgIpc) is 2.84. The Bertz CT molecular complexity index is 347. The number of H-pyrrole nitrogens is 1. The van der Waals surface area contributed by atoms with Crippen molar-refractivity contribution >= 4 is 0 Å². The molecule has 15 heavy (non-hydrogen) atoms. The van der Waals surface area contributed by atoms with Gasteiger partial charge in [-0.15, -0.1) is 0 Å². The molecule has 0 spiro atoms. The summed E-state index contributed by atoms with van der Waals surface area (Å²) in [7, 11) is 1.75. The topological polar surface area (TPSA) is 62.8 Å². The molecule has 1 aliphatic heterocycles. The molecule has 2 heterocycles. The molecule has 1 aliphatic carbocycles. The van der Waals surface area contributed by atoms with Gasteiger partial charge in [-0.3, -0.25) is 5.10 Å². The molecule has 0 amide bonds. The van der Waals surface area contributed by atoms with E-state index in [0.29, 0.717) is 12.0 Å². The lowest BCUT2D eigenvalue weighted by molar-refractivity contribution is 0.117. The predicted molar refractivity (Wildman–Crippen MR) is 54.5 cm³/mol. The van der Waals surface area contributed by atoms with E-state index in [1.165, 1.54) is 12.8 Å². The summed E-state index contributed by atoms with van der Waals surface area (Å²) < 4.78 is 5.30. The van der Waals surface area contributed by atoms with Gasteiger partial charge in [0.1, 0.15) is 5.82 Å². The van der Waals surface area contributed by atoms with E-state index < -0.39 is 0 Å². The Morgan fingerprint density at radius 2 is 2.27 bits per heavy atom. The van der Waals surface area contributed by atoms with Gasteiger partial charge >= 0.3 is 0 Å². The highest BCUT2D eigenvalue weighted by Gasteiger charge is 2.31. The second kappa shape index (κ2) is 3.57. The van der Waals surface area contributed by atoms with Crippen molar-refractivity contribution in [2.75, 3.05) is 13.7 Å². The molecule has 0 aromatic carbocycles. The minimum Gasteiger partial charge on any atom is -0.380 e. The van der Waals surface area contributed by atoms with Crippen LogP contribution in [0.15, 0.2) is 0 Å². The molecule has 2 atom stereocenters. The number of methoxy groups -OCH3 is 1. The van der Waals surface area contributed by atoms with E-state index in [2.05, 4.69) is 20.5 Å². The predicted octanol–water partition coefficient (Wildman–Crippen LogP) is 0.732. The molecular weight excluding hydrogens is 192 g/mol. The van der Waals surface area contributed by atoms with Crippen molar-refractivity contribution in [2.45, 2.75) is 37.3 Å². The lowest BCUT2D eigenvalue weighted by atomic mass is 10.2. The van der Waals surface area contributed by atoms with Crippen LogP contribution in [0.3, 0.4) is 0 Å². The van der Waals surface area contributed by atoms with Gasteiger partial charge in [0, 0.05) is 19.6 Å². The Labute approximate surface area is 88.6 Å². The molecule has 1 aromatic heterocycles. The molecule has 2 aliphatic rings. The van der Waals surface area contributed by atoms with E-state index in [1.807, 2.05) is 0 Å². The van der Waals surface area contributed by atoms with Gasteiger partial charge in [-0.1, -0.05) is 0 Å². The van der Waals surface area contributed by atoms with Crippen LogP contribution in [0.5, 0.6) is 0 Å². The number of aromatic nitrogens is 3. The maximum absolute atomic E-state index is 5.30. The Morgan fingerprint density at radius 1 is 1.40 bits per heavy atom. The number of nitrogens with zero attached hydrogens (tertiary/aromatic N) is 2. The van der Waals surface area contributed by atoms with Crippen LogP contribution in [0.2, 0.25) is 0 Å². The van der Waals surface area contributed by atoms with Gasteiger partial charge in [0.05, 0.1) is 12.1 Å². The first-order valence-electron chi connectivity index (χ1n) is 5.55. The fourth-order valence-corrected chi connectivity index (χ4v) is 2.06. The van der Waals surface area contributed by atoms with Crippen molar-refractivity contribution in [3.8, 4) is 0 Å². The summed E-state index contributed by atoms with van der Waals surface area (Å²) in [6.07, 6.45) is 3.78. The molecule has 5 heteroatoms. The Kier molecular flexibility index (Phi) is 2.21. The highest BCUT2D eigenvalue weighted by Crippen LogP contribution is 2.38. The van der Waals surface area contributed by atoms with Gasteiger partial charge < -0.3 is 10.1 Å². The third-order valence-electron chi connectivity index (χ3n) is 3.22. The van der Waals surface area contributed by atoms with E-state index in [1.54, 1.807) is 7.11 Å². The van der Waals surface area contributed by atoms with Gasteiger partial charge in [-0.25, -0.2) is 4.98 Å². The zero-order valence-electron chi connectivity index (χ0n) is 8.86. The SMILES string of the molecule is CO[C@@H]1CN[C@H](c2nc(C3CC3)n[nH]2)C1. The fraction of sp³-hybridized carbons (Fsp3) is 0.800. The van der Waals surface area contributed by atoms with Crippen LogP contribution in [0, 0.1) is 0 Å². The van der Waals surface area contributed by atoms with Crippen LogP contribution < -0.4 is 5.32 Å². The van der Waals surface area contributed by atoms with Crippen molar-refractivity contribution in [1.82, 2.24) is 20.5 Å². The summed E-state index contributed by atoms with van der Waals surface area (Å²) in [5.74, 6) is 2.58. The maximum Gasteiger partial charge on any atom is 0.153 e. The lowest BCUT2D eigenvalue weighted by Crippen LogP contribution is -2.16. The van der Waals surface area contributed by atoms with Crippen molar-refractivity contribution in [3.05, 3.63) is 11.6 Å². The number of nitrogens with one attached hydrogen (secondary N) is 2. The van der Waals surface area contributed by atoms with E-state index in [9.17, 15) is 0 Å². The van der Waals surface area contributed by atoms with Gasteiger partial charge in [0.15, 0.2) is 5.82 Å². The molecule has 82 valence electrons. The zero-order valence-corrected chi connectivity index (χ0v) is 8.86. The summed E-state index contributed by atoms with van der Waals surface area (Å²) >= 11 is 0. The third-order valence-corrected chi connectivity index (χ3v) is 3.22. The Hall–Kier alpha value is -0.940. The fourth-order valence-electron chi connectivity index (χ4n) is 2.06. The Morgan fingerprint density at radius 3 is 2.93 bits per heavy atom. The first-order valence-corrected chi connectivity index (χ1v) is 5.55. The smallest absolute Gasteiger partial charge is 0.153 e. The highest BCUT2D eigenvalue weighted by atomic mass is 16.5. The van der Waals surface area contributed by atoms with E-state index in [-0.39, 0.29) is 6.04 Å². The van der Waals surface area contributed by atoms with Crippen molar-refractivity contribution < 1.29 is 4.74 Å².